The van der Waals surface area contributed by atoms with Gasteiger partial charge in [-0.25, -0.2) is 9.37 Å². The first-order valence-corrected chi connectivity index (χ1v) is 6.04. The Balaban J connectivity index is 2.01. The normalized spacial score (nSPS) is 10.5. The van der Waals surface area contributed by atoms with E-state index in [2.05, 4.69) is 15.1 Å². The average molecular weight is 269 g/mol. The standard InChI is InChI=1S/C10H8FN3O3S/c11-6-1-2-7(12-3-6)10-13-8(17-14-10)4-18-5-9(15)16/h1-3H,4-5H2,(H,15,16). The van der Waals surface area contributed by atoms with Gasteiger partial charge in [-0.1, -0.05) is 5.16 Å². The van der Waals surface area contributed by atoms with Gasteiger partial charge in [0.05, 0.1) is 17.7 Å². The highest BCUT2D eigenvalue weighted by atomic mass is 32.2. The van der Waals surface area contributed by atoms with E-state index in [0.717, 1.165) is 18.0 Å². The van der Waals surface area contributed by atoms with Gasteiger partial charge in [0.1, 0.15) is 11.5 Å². The van der Waals surface area contributed by atoms with E-state index < -0.39 is 11.8 Å². The number of carboxylic acid groups (broad SMARTS) is 1. The molecule has 0 unspecified atom stereocenters. The second kappa shape index (κ2) is 5.58. The van der Waals surface area contributed by atoms with Gasteiger partial charge in [0.2, 0.25) is 11.7 Å². The lowest BCUT2D eigenvalue weighted by Crippen LogP contribution is -1.98. The number of aromatic nitrogens is 3. The molecule has 0 radical (unpaired) electrons. The predicted molar refractivity (Wildman–Crippen MR) is 61.3 cm³/mol. The zero-order chi connectivity index (χ0) is 13.0. The number of aliphatic carboxylic acids is 1. The molecule has 0 aliphatic carbocycles. The Labute approximate surface area is 105 Å². The molecule has 94 valence electrons. The van der Waals surface area contributed by atoms with Crippen LogP contribution in [0.3, 0.4) is 0 Å². The van der Waals surface area contributed by atoms with Gasteiger partial charge in [-0.2, -0.15) is 4.98 Å². The van der Waals surface area contributed by atoms with Crippen LogP contribution in [0.1, 0.15) is 5.89 Å². The molecule has 1 N–H and O–H groups in total. The molecule has 0 spiro atoms. The highest BCUT2D eigenvalue weighted by molar-refractivity contribution is 7.99. The van der Waals surface area contributed by atoms with Crippen molar-refractivity contribution in [3.05, 3.63) is 30.0 Å². The van der Waals surface area contributed by atoms with Crippen molar-refractivity contribution in [3.63, 3.8) is 0 Å². The number of hydrogen-bond acceptors (Lipinski definition) is 6. The summed E-state index contributed by atoms with van der Waals surface area (Å²) in [5, 5.41) is 12.1. The van der Waals surface area contributed by atoms with Gasteiger partial charge < -0.3 is 9.63 Å². The molecule has 2 heterocycles. The lowest BCUT2D eigenvalue weighted by Gasteiger charge is -1.92. The fourth-order valence-electron chi connectivity index (χ4n) is 1.15. The van der Waals surface area contributed by atoms with Gasteiger partial charge in [-0.3, -0.25) is 4.79 Å². The predicted octanol–water partition coefficient (Wildman–Crippen LogP) is 1.59. The third-order valence-electron chi connectivity index (χ3n) is 1.88. The van der Waals surface area contributed by atoms with Gasteiger partial charge in [0.25, 0.3) is 0 Å². The van der Waals surface area contributed by atoms with E-state index in [9.17, 15) is 9.18 Å². The molecule has 0 aliphatic rings. The lowest BCUT2D eigenvalue weighted by atomic mass is 10.3. The quantitative estimate of drug-likeness (QED) is 0.881. The number of carboxylic acids is 1. The fraction of sp³-hybridized carbons (Fsp3) is 0.200. The maximum atomic E-state index is 12.7. The van der Waals surface area contributed by atoms with Crippen LogP contribution in [0.15, 0.2) is 22.9 Å². The summed E-state index contributed by atoms with van der Waals surface area (Å²) in [5.74, 6) is -0.518. The first kappa shape index (κ1) is 12.5. The molecule has 0 aromatic carbocycles. The highest BCUT2D eigenvalue weighted by Crippen LogP contribution is 2.16. The molecule has 2 aromatic heterocycles. The molecular formula is C10H8FN3O3S. The molecule has 6 nitrogen and oxygen atoms in total. The Morgan fingerprint density at radius 1 is 1.50 bits per heavy atom. The number of thioether (sulfide) groups is 1. The molecule has 0 fully saturated rings. The number of halogens is 1. The Kier molecular flexibility index (Phi) is 3.88. The van der Waals surface area contributed by atoms with Crippen LogP contribution < -0.4 is 0 Å². The molecule has 0 bridgehead atoms. The van der Waals surface area contributed by atoms with Gasteiger partial charge in [-0.15, -0.1) is 11.8 Å². The van der Waals surface area contributed by atoms with Crippen LogP contribution in [0.25, 0.3) is 11.5 Å². The maximum Gasteiger partial charge on any atom is 0.313 e. The summed E-state index contributed by atoms with van der Waals surface area (Å²) in [7, 11) is 0. The minimum atomic E-state index is -0.903. The lowest BCUT2D eigenvalue weighted by molar-refractivity contribution is -0.133. The van der Waals surface area contributed by atoms with Gasteiger partial charge in [0.15, 0.2) is 0 Å². The second-order valence-corrected chi connectivity index (χ2v) is 4.25. The Morgan fingerprint density at radius 2 is 2.33 bits per heavy atom. The summed E-state index contributed by atoms with van der Waals surface area (Å²) in [4.78, 5) is 18.2. The molecule has 0 atom stereocenters. The molecule has 0 saturated carbocycles. The largest absolute Gasteiger partial charge is 0.481 e. The van der Waals surface area contributed by atoms with Crippen LogP contribution >= 0.6 is 11.8 Å². The summed E-state index contributed by atoms with van der Waals surface area (Å²) in [5.41, 5.74) is 0.398. The molecule has 8 heteroatoms. The van der Waals surface area contributed by atoms with Crippen LogP contribution in [0, 0.1) is 5.82 Å². The highest BCUT2D eigenvalue weighted by Gasteiger charge is 2.10. The number of nitrogens with zero attached hydrogens (tertiary/aromatic N) is 3. The maximum absolute atomic E-state index is 12.7. The molecular weight excluding hydrogens is 261 g/mol. The summed E-state index contributed by atoms with van der Waals surface area (Å²) in [6.45, 7) is 0. The summed E-state index contributed by atoms with van der Waals surface area (Å²) < 4.78 is 17.6. The van der Waals surface area contributed by atoms with Gasteiger partial charge in [-0.05, 0) is 12.1 Å². The van der Waals surface area contributed by atoms with E-state index in [1.54, 1.807) is 0 Å². The number of rotatable bonds is 5. The minimum absolute atomic E-state index is 0.0352. The molecule has 0 aliphatic heterocycles. The van der Waals surface area contributed by atoms with E-state index in [0.29, 0.717) is 17.3 Å². The van der Waals surface area contributed by atoms with E-state index >= 15 is 0 Å². The third-order valence-corrected chi connectivity index (χ3v) is 2.78. The molecule has 18 heavy (non-hydrogen) atoms. The van der Waals surface area contributed by atoms with Crippen LogP contribution in [-0.2, 0) is 10.5 Å². The van der Waals surface area contributed by atoms with E-state index in [1.807, 2.05) is 0 Å². The van der Waals surface area contributed by atoms with E-state index in [4.69, 9.17) is 9.63 Å². The summed E-state index contributed by atoms with van der Waals surface area (Å²) in [6, 6.07) is 2.69. The molecule has 2 rings (SSSR count). The van der Waals surface area contributed by atoms with E-state index in [1.165, 1.54) is 12.1 Å². The minimum Gasteiger partial charge on any atom is -0.481 e. The monoisotopic (exact) mass is 269 g/mol. The van der Waals surface area contributed by atoms with E-state index in [-0.39, 0.29) is 11.6 Å². The van der Waals surface area contributed by atoms with Crippen molar-refractivity contribution in [1.82, 2.24) is 15.1 Å². The van der Waals surface area contributed by atoms with Crippen molar-refractivity contribution in [2.75, 3.05) is 5.75 Å². The van der Waals surface area contributed by atoms with Crippen molar-refractivity contribution in [2.24, 2.45) is 0 Å². The van der Waals surface area contributed by atoms with Gasteiger partial charge in [0, 0.05) is 0 Å². The first-order chi connectivity index (χ1) is 8.65. The average Bonchev–Trinajstić information content (AvgIpc) is 2.78. The SMILES string of the molecule is O=C(O)CSCc1nc(-c2ccc(F)cn2)no1. The number of carbonyl (C=O) groups is 1. The van der Waals surface area contributed by atoms with Crippen LogP contribution in [-0.4, -0.2) is 32.0 Å². The second-order valence-electron chi connectivity index (χ2n) is 3.26. The van der Waals surface area contributed by atoms with Crippen LogP contribution in [0.5, 0.6) is 0 Å². The molecule has 2 aromatic rings. The Hall–Kier alpha value is -1.96. The Morgan fingerprint density at radius 3 is 3.00 bits per heavy atom. The van der Waals surface area contributed by atoms with Crippen LogP contribution in [0.4, 0.5) is 4.39 Å². The Bertz CT molecular complexity index is 544. The van der Waals surface area contributed by atoms with Gasteiger partial charge >= 0.3 is 5.97 Å². The third kappa shape index (κ3) is 3.27. The topological polar surface area (TPSA) is 89.1 Å². The summed E-state index contributed by atoms with van der Waals surface area (Å²) >= 11 is 1.15. The van der Waals surface area contributed by atoms with Crippen molar-refractivity contribution < 1.29 is 18.8 Å². The smallest absolute Gasteiger partial charge is 0.313 e. The van der Waals surface area contributed by atoms with Crippen molar-refractivity contribution in [1.29, 1.82) is 0 Å². The molecule has 0 amide bonds. The van der Waals surface area contributed by atoms with Crippen molar-refractivity contribution in [3.8, 4) is 11.5 Å². The molecule has 0 saturated heterocycles. The number of pyridine rings is 1. The number of hydrogen-bond donors (Lipinski definition) is 1. The van der Waals surface area contributed by atoms with Crippen molar-refractivity contribution >= 4 is 17.7 Å². The fourth-order valence-corrected chi connectivity index (χ4v) is 1.72. The zero-order valence-corrected chi connectivity index (χ0v) is 9.85. The summed E-state index contributed by atoms with van der Waals surface area (Å²) in [6.07, 6.45) is 1.06. The first-order valence-electron chi connectivity index (χ1n) is 4.89. The zero-order valence-electron chi connectivity index (χ0n) is 9.04. The van der Waals surface area contributed by atoms with Crippen LogP contribution in [0.2, 0.25) is 0 Å². The van der Waals surface area contributed by atoms with Crippen molar-refractivity contribution in [2.45, 2.75) is 5.75 Å².